The summed E-state index contributed by atoms with van der Waals surface area (Å²) in [4.78, 5) is 26.7. The molecule has 10 heteroatoms. The molecule has 0 bridgehead atoms. The number of nitrogens with one attached hydrogen (secondary N) is 3. The highest BCUT2D eigenvalue weighted by atomic mass is 16.4. The van der Waals surface area contributed by atoms with Crippen LogP contribution in [0.1, 0.15) is 17.4 Å². The highest BCUT2D eigenvalue weighted by Gasteiger charge is 2.23. The normalized spacial score (nSPS) is 11.8. The number of hydrogen-bond donors (Lipinski definition) is 4. The number of nitrogens with zero attached hydrogens (tertiary/aromatic N) is 4. The Morgan fingerprint density at radius 3 is 2.90 bits per heavy atom. The molecule has 0 aliphatic heterocycles. The molecule has 0 saturated carbocycles. The van der Waals surface area contributed by atoms with Crippen LogP contribution in [0.15, 0.2) is 18.7 Å². The van der Waals surface area contributed by atoms with Gasteiger partial charge >= 0.3 is 12.0 Å². The van der Waals surface area contributed by atoms with Crippen molar-refractivity contribution in [2.75, 3.05) is 0 Å². The number of carboxylic acid groups (broad SMARTS) is 1. The van der Waals surface area contributed by atoms with Gasteiger partial charge in [0.05, 0.1) is 12.7 Å². The van der Waals surface area contributed by atoms with E-state index in [0.717, 1.165) is 0 Å². The predicted octanol–water partition coefficient (Wildman–Crippen LogP) is -0.837. The molecule has 0 aromatic carbocycles. The average Bonchev–Trinajstić information content (AvgIpc) is 3.04. The first-order valence-electron chi connectivity index (χ1n) is 5.66. The zero-order chi connectivity index (χ0) is 14.5. The lowest BCUT2D eigenvalue weighted by Crippen LogP contribution is -2.40. The fraction of sp³-hybridized carbons (Fsp3) is 0.300. The second-order valence-corrected chi connectivity index (χ2v) is 3.98. The van der Waals surface area contributed by atoms with Gasteiger partial charge in [-0.1, -0.05) is 0 Å². The predicted molar refractivity (Wildman–Crippen MR) is 65.3 cm³/mol. The maximum absolute atomic E-state index is 11.7. The van der Waals surface area contributed by atoms with Gasteiger partial charge in [0, 0.05) is 18.8 Å². The number of H-pyrrole nitrogens is 1. The van der Waals surface area contributed by atoms with E-state index >= 15 is 0 Å². The lowest BCUT2D eigenvalue weighted by molar-refractivity contribution is -0.139. The molecule has 2 aromatic rings. The van der Waals surface area contributed by atoms with Crippen molar-refractivity contribution in [1.82, 2.24) is 35.6 Å². The zero-order valence-corrected chi connectivity index (χ0v) is 10.6. The molecule has 0 fully saturated rings. The first-order valence-corrected chi connectivity index (χ1v) is 5.66. The lowest BCUT2D eigenvalue weighted by atomic mass is 10.1. The van der Waals surface area contributed by atoms with E-state index in [9.17, 15) is 9.59 Å². The van der Waals surface area contributed by atoms with Crippen molar-refractivity contribution in [3.8, 4) is 0 Å². The van der Waals surface area contributed by atoms with Crippen LogP contribution in [0.5, 0.6) is 0 Å². The number of hydrogen-bond acceptors (Lipinski definition) is 5. The van der Waals surface area contributed by atoms with E-state index in [1.165, 1.54) is 23.4 Å². The van der Waals surface area contributed by atoms with Gasteiger partial charge in [0.2, 0.25) is 0 Å². The lowest BCUT2D eigenvalue weighted by Gasteiger charge is -2.13. The fourth-order valence-corrected chi connectivity index (χ4v) is 1.54. The number of carboxylic acids is 1. The molecule has 0 radical (unpaired) electrons. The molecule has 4 N–H and O–H groups in total. The third-order valence-electron chi connectivity index (χ3n) is 2.46. The highest BCUT2D eigenvalue weighted by Crippen LogP contribution is 2.11. The monoisotopic (exact) mass is 279 g/mol. The molecule has 2 amide bonds. The Morgan fingerprint density at radius 2 is 2.35 bits per heavy atom. The number of aryl methyl sites for hydroxylation is 1. The van der Waals surface area contributed by atoms with E-state index in [1.54, 1.807) is 7.05 Å². The first-order chi connectivity index (χ1) is 9.56. The largest absolute Gasteiger partial charge is 0.479 e. The van der Waals surface area contributed by atoms with E-state index in [2.05, 4.69) is 30.9 Å². The molecule has 0 spiro atoms. The minimum atomic E-state index is -1.17. The molecule has 0 aliphatic carbocycles. The summed E-state index contributed by atoms with van der Waals surface area (Å²) in [5, 5.41) is 24.0. The van der Waals surface area contributed by atoms with Gasteiger partial charge in [0.25, 0.3) is 0 Å². The topological polar surface area (TPSA) is 138 Å². The Hall–Kier alpha value is -2.91. The van der Waals surface area contributed by atoms with Crippen LogP contribution < -0.4 is 10.6 Å². The van der Waals surface area contributed by atoms with Crippen molar-refractivity contribution in [1.29, 1.82) is 0 Å². The molecule has 20 heavy (non-hydrogen) atoms. The summed E-state index contributed by atoms with van der Waals surface area (Å²) in [5.41, 5.74) is 0.384. The van der Waals surface area contributed by atoms with E-state index in [4.69, 9.17) is 5.11 Å². The Bertz CT molecular complexity index is 592. The minimum absolute atomic E-state index is 0.116. The number of amides is 2. The van der Waals surface area contributed by atoms with Gasteiger partial charge in [-0.15, -0.1) is 0 Å². The molecule has 1 unspecified atom stereocenters. The molecule has 0 saturated heterocycles. The fourth-order valence-electron chi connectivity index (χ4n) is 1.54. The summed E-state index contributed by atoms with van der Waals surface area (Å²) in [6.07, 6.45) is 4.22. The maximum atomic E-state index is 11.7. The number of aromatic nitrogens is 5. The van der Waals surface area contributed by atoms with Gasteiger partial charge in [-0.25, -0.2) is 14.6 Å². The van der Waals surface area contributed by atoms with E-state index < -0.39 is 18.0 Å². The minimum Gasteiger partial charge on any atom is -0.479 e. The van der Waals surface area contributed by atoms with Crippen molar-refractivity contribution in [2.45, 2.75) is 12.6 Å². The third kappa shape index (κ3) is 3.31. The van der Waals surface area contributed by atoms with Gasteiger partial charge in [-0.3, -0.25) is 9.78 Å². The summed E-state index contributed by atoms with van der Waals surface area (Å²) in [5.74, 6) is -0.707. The van der Waals surface area contributed by atoms with Crippen molar-refractivity contribution in [3.05, 3.63) is 30.1 Å². The number of aliphatic carboxylic acids is 1. The molecule has 106 valence electrons. The highest BCUT2D eigenvalue weighted by molar-refractivity contribution is 5.83. The molecule has 0 aliphatic rings. The molecule has 2 heterocycles. The van der Waals surface area contributed by atoms with Crippen LogP contribution in [0.4, 0.5) is 4.79 Å². The molecule has 2 rings (SSSR count). The zero-order valence-electron chi connectivity index (χ0n) is 10.6. The van der Waals surface area contributed by atoms with Crippen LogP contribution in [0.25, 0.3) is 0 Å². The van der Waals surface area contributed by atoms with Crippen molar-refractivity contribution in [3.63, 3.8) is 0 Å². The summed E-state index contributed by atoms with van der Waals surface area (Å²) in [6.45, 7) is 0.116. The first kappa shape index (κ1) is 13.5. The van der Waals surface area contributed by atoms with E-state index in [1.807, 2.05) is 0 Å². The van der Waals surface area contributed by atoms with Gasteiger partial charge < -0.3 is 15.7 Å². The maximum Gasteiger partial charge on any atom is 0.331 e. The second-order valence-electron chi connectivity index (χ2n) is 3.98. The summed E-state index contributed by atoms with van der Waals surface area (Å²) in [7, 11) is 1.66. The SMILES string of the molecule is Cn1cc(C(NC(=O)NCc2ncn[nH]2)C(=O)O)cn1. The number of aromatic amines is 1. The quantitative estimate of drug-likeness (QED) is 0.563. The molecular formula is C10H13N7O3. The van der Waals surface area contributed by atoms with Gasteiger partial charge in [0.15, 0.2) is 6.04 Å². The van der Waals surface area contributed by atoms with Crippen LogP contribution in [-0.4, -0.2) is 42.1 Å². The van der Waals surface area contributed by atoms with Crippen LogP contribution in [0.3, 0.4) is 0 Å². The molecular weight excluding hydrogens is 266 g/mol. The summed E-state index contributed by atoms with van der Waals surface area (Å²) < 4.78 is 1.46. The molecule has 10 nitrogen and oxygen atoms in total. The summed E-state index contributed by atoms with van der Waals surface area (Å²) >= 11 is 0. The van der Waals surface area contributed by atoms with Crippen molar-refractivity contribution < 1.29 is 14.7 Å². The number of carbonyl (C=O) groups is 2. The number of rotatable bonds is 5. The average molecular weight is 279 g/mol. The smallest absolute Gasteiger partial charge is 0.331 e. The standard InChI is InChI=1S/C10H13N7O3/c1-17-4-6(2-14-17)8(9(18)19)15-10(20)11-3-7-12-5-13-16-7/h2,4-5,8H,3H2,1H3,(H,18,19)(H2,11,15,20)(H,12,13,16). The van der Waals surface area contributed by atoms with Crippen molar-refractivity contribution in [2.24, 2.45) is 7.05 Å². The van der Waals surface area contributed by atoms with E-state index in [0.29, 0.717) is 11.4 Å². The molecule has 2 aromatic heterocycles. The third-order valence-corrected chi connectivity index (χ3v) is 2.46. The summed E-state index contributed by atoms with van der Waals surface area (Å²) in [6, 6.07) is -1.80. The van der Waals surface area contributed by atoms with Crippen LogP contribution in [0.2, 0.25) is 0 Å². The Kier molecular flexibility index (Phi) is 3.93. The number of urea groups is 1. The second kappa shape index (κ2) is 5.82. The number of carbonyl (C=O) groups excluding carboxylic acids is 1. The van der Waals surface area contributed by atoms with Gasteiger partial charge in [-0.2, -0.15) is 10.2 Å². The van der Waals surface area contributed by atoms with Crippen LogP contribution in [0, 0.1) is 0 Å². The van der Waals surface area contributed by atoms with Crippen LogP contribution in [-0.2, 0) is 18.4 Å². The van der Waals surface area contributed by atoms with Gasteiger partial charge in [-0.05, 0) is 0 Å². The van der Waals surface area contributed by atoms with E-state index in [-0.39, 0.29) is 6.54 Å². The Morgan fingerprint density at radius 1 is 1.55 bits per heavy atom. The molecule has 1 atom stereocenters. The Labute approximate surface area is 113 Å². The van der Waals surface area contributed by atoms with Crippen LogP contribution >= 0.6 is 0 Å². The van der Waals surface area contributed by atoms with Gasteiger partial charge in [0.1, 0.15) is 12.2 Å². The van der Waals surface area contributed by atoms with Crippen molar-refractivity contribution >= 4 is 12.0 Å². The Balaban J connectivity index is 1.94.